The third-order valence-corrected chi connectivity index (χ3v) is 3.31. The van der Waals surface area contributed by atoms with Crippen LogP contribution in [0.15, 0.2) is 66.3 Å². The molecule has 0 aromatic heterocycles. The Morgan fingerprint density at radius 1 is 1.11 bits per heavy atom. The van der Waals surface area contributed by atoms with Crippen molar-refractivity contribution in [1.29, 1.82) is 0 Å². The van der Waals surface area contributed by atoms with Gasteiger partial charge in [0.05, 0.1) is 0 Å². The van der Waals surface area contributed by atoms with Gasteiger partial charge in [-0.3, -0.25) is 0 Å². The Balaban J connectivity index is 2.47. The van der Waals surface area contributed by atoms with Gasteiger partial charge in [-0.15, -0.1) is 0 Å². The van der Waals surface area contributed by atoms with Gasteiger partial charge >= 0.3 is 0 Å². The van der Waals surface area contributed by atoms with E-state index in [0.29, 0.717) is 0 Å². The fourth-order valence-electron chi connectivity index (χ4n) is 1.95. The zero-order valence-corrected chi connectivity index (χ0v) is 12.4. The lowest BCUT2D eigenvalue weighted by atomic mass is 10.0. The molecule has 0 saturated heterocycles. The summed E-state index contributed by atoms with van der Waals surface area (Å²) in [4.78, 5) is 0. The standard InChI is InChI=1S/C19H26/c1-4-6-10-18(5-2)15-13-17(3)14-16-19-11-8-7-9-12-19/h5,7-9,11-13,15H,2,4,6,10,14,16H2,1,3H3/b17-13+,18-15+. The summed E-state index contributed by atoms with van der Waals surface area (Å²) in [6, 6.07) is 10.7. The molecule has 0 amide bonds. The van der Waals surface area contributed by atoms with E-state index in [0.717, 1.165) is 19.3 Å². The van der Waals surface area contributed by atoms with Crippen LogP contribution < -0.4 is 0 Å². The van der Waals surface area contributed by atoms with Crippen LogP contribution in [0.1, 0.15) is 45.1 Å². The van der Waals surface area contributed by atoms with Crippen LogP contribution in [0.2, 0.25) is 0 Å². The number of unbranched alkanes of at least 4 members (excludes halogenated alkanes) is 1. The molecule has 0 unspecified atom stereocenters. The van der Waals surface area contributed by atoms with Crippen molar-refractivity contribution < 1.29 is 0 Å². The summed E-state index contributed by atoms with van der Waals surface area (Å²) in [6.07, 6.45) is 12.3. The molecule has 0 fully saturated rings. The van der Waals surface area contributed by atoms with E-state index >= 15 is 0 Å². The van der Waals surface area contributed by atoms with Crippen LogP contribution in [0.3, 0.4) is 0 Å². The van der Waals surface area contributed by atoms with Crippen LogP contribution in [0, 0.1) is 0 Å². The molecule has 1 aromatic carbocycles. The van der Waals surface area contributed by atoms with E-state index in [1.54, 1.807) is 0 Å². The second-order valence-corrected chi connectivity index (χ2v) is 5.05. The monoisotopic (exact) mass is 254 g/mol. The molecular weight excluding hydrogens is 228 g/mol. The van der Waals surface area contributed by atoms with Crippen molar-refractivity contribution in [3.8, 4) is 0 Å². The summed E-state index contributed by atoms with van der Waals surface area (Å²) in [7, 11) is 0. The average molecular weight is 254 g/mol. The van der Waals surface area contributed by atoms with Crippen molar-refractivity contribution >= 4 is 0 Å². The Hall–Kier alpha value is -1.56. The third kappa shape index (κ3) is 6.81. The quantitative estimate of drug-likeness (QED) is 0.509. The summed E-state index contributed by atoms with van der Waals surface area (Å²) in [6.45, 7) is 8.32. The summed E-state index contributed by atoms with van der Waals surface area (Å²) in [5, 5.41) is 0. The third-order valence-electron chi connectivity index (χ3n) is 3.31. The second-order valence-electron chi connectivity index (χ2n) is 5.05. The van der Waals surface area contributed by atoms with Crippen LogP contribution >= 0.6 is 0 Å². The first-order chi connectivity index (χ1) is 9.26. The zero-order valence-electron chi connectivity index (χ0n) is 12.4. The Morgan fingerprint density at radius 3 is 2.47 bits per heavy atom. The van der Waals surface area contributed by atoms with Crippen LogP contribution in [-0.2, 0) is 6.42 Å². The number of hydrogen-bond donors (Lipinski definition) is 0. The number of rotatable bonds is 8. The molecule has 102 valence electrons. The van der Waals surface area contributed by atoms with E-state index < -0.39 is 0 Å². The van der Waals surface area contributed by atoms with E-state index in [1.807, 2.05) is 6.08 Å². The number of allylic oxidation sites excluding steroid dienone is 5. The molecule has 0 aliphatic rings. The minimum Gasteiger partial charge on any atom is -0.0988 e. The Labute approximate surface area is 118 Å². The van der Waals surface area contributed by atoms with Crippen molar-refractivity contribution in [3.63, 3.8) is 0 Å². The lowest BCUT2D eigenvalue weighted by molar-refractivity contribution is 0.798. The molecule has 0 heterocycles. The van der Waals surface area contributed by atoms with Gasteiger partial charge in [-0.05, 0) is 43.7 Å². The smallest absolute Gasteiger partial charge is 0.0241 e. The molecule has 0 aliphatic carbocycles. The van der Waals surface area contributed by atoms with E-state index in [1.165, 1.54) is 29.6 Å². The predicted molar refractivity (Wildman–Crippen MR) is 86.3 cm³/mol. The molecule has 0 N–H and O–H groups in total. The Kier molecular flexibility index (Phi) is 7.65. The molecule has 19 heavy (non-hydrogen) atoms. The first kappa shape index (κ1) is 15.5. The largest absolute Gasteiger partial charge is 0.0988 e. The molecule has 1 aromatic rings. The topological polar surface area (TPSA) is 0 Å². The predicted octanol–water partition coefficient (Wildman–Crippen LogP) is 5.87. The minimum absolute atomic E-state index is 1.12. The summed E-state index contributed by atoms with van der Waals surface area (Å²) in [5.41, 5.74) is 4.19. The lowest BCUT2D eigenvalue weighted by Crippen LogP contribution is -1.86. The fourth-order valence-corrected chi connectivity index (χ4v) is 1.95. The van der Waals surface area contributed by atoms with Crippen LogP contribution in [0.5, 0.6) is 0 Å². The Morgan fingerprint density at radius 2 is 1.84 bits per heavy atom. The molecule has 0 nitrogen and oxygen atoms in total. The molecule has 0 atom stereocenters. The normalized spacial score (nSPS) is 12.5. The van der Waals surface area contributed by atoms with Crippen LogP contribution in [0.4, 0.5) is 0 Å². The maximum Gasteiger partial charge on any atom is -0.0241 e. The number of benzene rings is 1. The maximum absolute atomic E-state index is 3.89. The lowest BCUT2D eigenvalue weighted by Gasteiger charge is -2.02. The van der Waals surface area contributed by atoms with Crippen LogP contribution in [-0.4, -0.2) is 0 Å². The molecular formula is C19H26. The van der Waals surface area contributed by atoms with Gasteiger partial charge in [-0.1, -0.05) is 74.1 Å². The zero-order chi connectivity index (χ0) is 13.9. The van der Waals surface area contributed by atoms with Gasteiger partial charge in [-0.25, -0.2) is 0 Å². The highest BCUT2D eigenvalue weighted by atomic mass is 14.0. The molecule has 0 heteroatoms. The van der Waals surface area contributed by atoms with Crippen molar-refractivity contribution in [2.75, 3.05) is 0 Å². The highest BCUT2D eigenvalue weighted by Gasteiger charge is 1.94. The van der Waals surface area contributed by atoms with Crippen molar-refractivity contribution in [2.24, 2.45) is 0 Å². The van der Waals surface area contributed by atoms with Crippen molar-refractivity contribution in [1.82, 2.24) is 0 Å². The van der Waals surface area contributed by atoms with E-state index in [9.17, 15) is 0 Å². The van der Waals surface area contributed by atoms with Gasteiger partial charge < -0.3 is 0 Å². The van der Waals surface area contributed by atoms with Crippen LogP contribution in [0.25, 0.3) is 0 Å². The molecule has 0 bridgehead atoms. The summed E-state index contributed by atoms with van der Waals surface area (Å²) in [5.74, 6) is 0. The maximum atomic E-state index is 3.89. The van der Waals surface area contributed by atoms with E-state index in [4.69, 9.17) is 0 Å². The van der Waals surface area contributed by atoms with Gasteiger partial charge in [-0.2, -0.15) is 0 Å². The minimum atomic E-state index is 1.12. The van der Waals surface area contributed by atoms with Crippen molar-refractivity contribution in [2.45, 2.75) is 46.0 Å². The number of hydrogen-bond acceptors (Lipinski definition) is 0. The molecule has 0 spiro atoms. The molecule has 0 saturated carbocycles. The summed E-state index contributed by atoms with van der Waals surface area (Å²) >= 11 is 0. The van der Waals surface area contributed by atoms with Gasteiger partial charge in [0.25, 0.3) is 0 Å². The Bertz CT molecular complexity index is 421. The average Bonchev–Trinajstić information content (AvgIpc) is 2.46. The molecule has 1 rings (SSSR count). The van der Waals surface area contributed by atoms with Gasteiger partial charge in [0.2, 0.25) is 0 Å². The second kappa shape index (κ2) is 9.38. The number of aryl methyl sites for hydroxylation is 1. The van der Waals surface area contributed by atoms with Gasteiger partial charge in [0.15, 0.2) is 0 Å². The molecule has 0 radical (unpaired) electrons. The fraction of sp³-hybridized carbons (Fsp3) is 0.368. The molecule has 0 aliphatic heterocycles. The highest BCUT2D eigenvalue weighted by molar-refractivity contribution is 5.25. The highest BCUT2D eigenvalue weighted by Crippen LogP contribution is 2.12. The first-order valence-corrected chi connectivity index (χ1v) is 7.29. The first-order valence-electron chi connectivity index (χ1n) is 7.29. The van der Waals surface area contributed by atoms with Gasteiger partial charge in [0, 0.05) is 0 Å². The summed E-state index contributed by atoms with van der Waals surface area (Å²) < 4.78 is 0. The van der Waals surface area contributed by atoms with E-state index in [2.05, 4.69) is 62.9 Å². The van der Waals surface area contributed by atoms with E-state index in [-0.39, 0.29) is 0 Å². The van der Waals surface area contributed by atoms with Crippen molar-refractivity contribution in [3.05, 3.63) is 71.8 Å². The van der Waals surface area contributed by atoms with Gasteiger partial charge in [0.1, 0.15) is 0 Å². The SMILES string of the molecule is C=C/C(=C\C=C(/C)CCc1ccccc1)CCCC.